The Morgan fingerprint density at radius 3 is 2.00 bits per heavy atom. The fourth-order valence-electron chi connectivity index (χ4n) is 0.457. The second kappa shape index (κ2) is 1.66. The van der Waals surface area contributed by atoms with E-state index in [1.807, 2.05) is 13.8 Å². The van der Waals surface area contributed by atoms with Gasteiger partial charge in [-0.05, 0) is 25.9 Å². The molecule has 38 valence electrons. The van der Waals surface area contributed by atoms with Crippen molar-refractivity contribution in [3.8, 4) is 0 Å². The van der Waals surface area contributed by atoms with Gasteiger partial charge in [0.25, 0.3) is 0 Å². The van der Waals surface area contributed by atoms with Crippen LogP contribution < -0.4 is 0 Å². The zero-order chi connectivity index (χ0) is 7.02. The Morgan fingerprint density at radius 1 is 1.43 bits per heavy atom. The third-order valence-corrected chi connectivity index (χ3v) is 1.54. The summed E-state index contributed by atoms with van der Waals surface area (Å²) in [5.74, 6) is 0. The van der Waals surface area contributed by atoms with Gasteiger partial charge in [-0.1, -0.05) is 0 Å². The summed E-state index contributed by atoms with van der Waals surface area (Å²) in [5.41, 5.74) is 0. The van der Waals surface area contributed by atoms with Gasteiger partial charge in [0, 0.05) is 9.75 Å². The van der Waals surface area contributed by atoms with E-state index in [-0.39, 0.29) is 0 Å². The van der Waals surface area contributed by atoms with E-state index >= 15 is 0 Å². The van der Waals surface area contributed by atoms with E-state index in [4.69, 9.17) is 2.74 Å². The van der Waals surface area contributed by atoms with Crippen LogP contribution in [0.2, 0.25) is 0 Å². The van der Waals surface area contributed by atoms with Gasteiger partial charge in [-0.25, -0.2) is 0 Å². The first-order chi connectivity index (χ1) is 4.13. The van der Waals surface area contributed by atoms with Crippen molar-refractivity contribution in [2.45, 2.75) is 13.8 Å². The number of hydrogen-bond donors (Lipinski definition) is 0. The molecule has 1 heteroatoms. The lowest BCUT2D eigenvalue weighted by Gasteiger charge is -1.71. The molecule has 0 aliphatic carbocycles. The van der Waals surface area contributed by atoms with Crippen LogP contribution in [0, 0.1) is 13.8 Å². The van der Waals surface area contributed by atoms with Crippen molar-refractivity contribution in [2.75, 3.05) is 0 Å². The predicted molar refractivity (Wildman–Crippen MR) is 33.8 cm³/mol. The monoisotopic (exact) mass is 114 g/mol. The molecule has 0 aromatic carbocycles. The lowest BCUT2D eigenvalue weighted by Crippen LogP contribution is -1.44. The van der Waals surface area contributed by atoms with E-state index in [0.717, 1.165) is 9.75 Å². The van der Waals surface area contributed by atoms with Crippen molar-refractivity contribution in [3.63, 3.8) is 0 Å². The summed E-state index contributed by atoms with van der Waals surface area (Å²) in [4.78, 5) is 1.88. The van der Waals surface area contributed by atoms with Crippen molar-refractivity contribution < 1.29 is 2.74 Å². The summed E-state index contributed by atoms with van der Waals surface area (Å²) in [7, 11) is 0. The standard InChI is InChI=1S/C6H8S/c1-5-3-4-6(2)7-5/h3-4H,1-2H3/i3D,4D. The summed E-state index contributed by atoms with van der Waals surface area (Å²) < 4.78 is 14.6. The summed E-state index contributed by atoms with van der Waals surface area (Å²) >= 11 is 1.52. The maximum Gasteiger partial charge on any atom is 0.0634 e. The molecular weight excluding hydrogens is 104 g/mol. The Labute approximate surface area is 50.6 Å². The SMILES string of the molecule is [2H]c1c(C)sc(C)c1[2H]. The molecule has 0 unspecified atom stereocenters. The van der Waals surface area contributed by atoms with Crippen molar-refractivity contribution in [3.05, 3.63) is 21.8 Å². The topological polar surface area (TPSA) is 0 Å². The van der Waals surface area contributed by atoms with Crippen molar-refractivity contribution in [1.29, 1.82) is 0 Å². The molecular formula is C6H8S. The largest absolute Gasteiger partial charge is 0.146 e. The molecule has 0 saturated carbocycles. The molecule has 0 aliphatic rings. The van der Waals surface area contributed by atoms with Gasteiger partial charge in [0.15, 0.2) is 0 Å². The van der Waals surface area contributed by atoms with Gasteiger partial charge in [0.2, 0.25) is 0 Å². The van der Waals surface area contributed by atoms with Gasteiger partial charge in [-0.15, -0.1) is 11.3 Å². The van der Waals surface area contributed by atoms with Gasteiger partial charge in [0.05, 0.1) is 2.74 Å². The molecule has 0 bridgehead atoms. The summed E-state index contributed by atoms with van der Waals surface area (Å²) in [6.45, 7) is 3.75. The Hall–Kier alpha value is -0.300. The third-order valence-electron chi connectivity index (χ3n) is 0.721. The molecule has 0 aliphatic heterocycles. The fourth-order valence-corrected chi connectivity index (χ4v) is 1.12. The second-order valence-electron chi connectivity index (χ2n) is 1.46. The maximum absolute atomic E-state index is 7.29. The van der Waals surface area contributed by atoms with Gasteiger partial charge >= 0.3 is 0 Å². The van der Waals surface area contributed by atoms with E-state index in [2.05, 4.69) is 0 Å². The van der Waals surface area contributed by atoms with Crippen molar-refractivity contribution in [1.82, 2.24) is 0 Å². The molecule has 0 amide bonds. The molecule has 0 nitrogen and oxygen atoms in total. The Kier molecular flexibility index (Phi) is 0.683. The molecule has 7 heavy (non-hydrogen) atoms. The zero-order valence-corrected chi connectivity index (χ0v) is 5.22. The van der Waals surface area contributed by atoms with E-state index in [9.17, 15) is 0 Å². The van der Waals surface area contributed by atoms with Crippen LogP contribution in [-0.2, 0) is 0 Å². The minimum atomic E-state index is 0.387. The van der Waals surface area contributed by atoms with Crippen molar-refractivity contribution in [2.24, 2.45) is 0 Å². The molecule has 1 aromatic rings. The number of aryl methyl sites for hydroxylation is 2. The highest BCUT2D eigenvalue weighted by Gasteiger charge is 1.84. The van der Waals surface area contributed by atoms with Crippen LogP contribution in [-0.4, -0.2) is 0 Å². The van der Waals surface area contributed by atoms with Crippen LogP contribution in [0.25, 0.3) is 0 Å². The quantitative estimate of drug-likeness (QED) is 0.485. The molecule has 0 fully saturated rings. The van der Waals surface area contributed by atoms with Crippen LogP contribution >= 0.6 is 11.3 Å². The average Bonchev–Trinajstić information content (AvgIpc) is 1.98. The fraction of sp³-hybridized carbons (Fsp3) is 0.333. The van der Waals surface area contributed by atoms with Crippen LogP contribution in [0.1, 0.15) is 12.5 Å². The lowest BCUT2D eigenvalue weighted by atomic mass is 10.5. The Bertz CT molecular complexity index is 205. The molecule has 0 saturated heterocycles. The second-order valence-corrected chi connectivity index (χ2v) is 2.89. The summed E-state index contributed by atoms with van der Waals surface area (Å²) in [6.07, 6.45) is 0. The zero-order valence-electron chi connectivity index (χ0n) is 6.41. The van der Waals surface area contributed by atoms with E-state index in [1.54, 1.807) is 0 Å². The first-order valence-corrected chi connectivity index (χ1v) is 2.97. The minimum Gasteiger partial charge on any atom is -0.146 e. The molecule has 0 atom stereocenters. The molecule has 1 heterocycles. The van der Waals surface area contributed by atoms with E-state index < -0.39 is 0 Å². The van der Waals surface area contributed by atoms with Crippen molar-refractivity contribution >= 4 is 11.3 Å². The van der Waals surface area contributed by atoms with Gasteiger partial charge in [-0.3, -0.25) is 0 Å². The van der Waals surface area contributed by atoms with Gasteiger partial charge < -0.3 is 0 Å². The Morgan fingerprint density at radius 2 is 1.86 bits per heavy atom. The molecule has 0 radical (unpaired) electrons. The van der Waals surface area contributed by atoms with Gasteiger partial charge in [0.1, 0.15) is 0 Å². The summed E-state index contributed by atoms with van der Waals surface area (Å²) in [6, 6.07) is 0.773. The molecule has 1 rings (SSSR count). The molecule has 0 N–H and O–H groups in total. The minimum absolute atomic E-state index is 0.387. The number of rotatable bonds is 0. The average molecular weight is 114 g/mol. The summed E-state index contributed by atoms with van der Waals surface area (Å²) in [5, 5.41) is 0. The normalized spacial score (nSPS) is 13.4. The van der Waals surface area contributed by atoms with Crippen LogP contribution in [0.3, 0.4) is 0 Å². The smallest absolute Gasteiger partial charge is 0.0634 e. The number of hydrogen-bond acceptors (Lipinski definition) is 1. The first kappa shape index (κ1) is 2.88. The molecule has 0 spiro atoms. The van der Waals surface area contributed by atoms with Crippen LogP contribution in [0.5, 0.6) is 0 Å². The van der Waals surface area contributed by atoms with Crippen LogP contribution in [0.4, 0.5) is 0 Å². The highest BCUT2D eigenvalue weighted by atomic mass is 32.1. The third kappa shape index (κ3) is 1.03. The number of thiophene rings is 1. The Balaban J connectivity index is 3.29. The highest BCUT2D eigenvalue weighted by molar-refractivity contribution is 7.11. The van der Waals surface area contributed by atoms with E-state index in [1.165, 1.54) is 11.3 Å². The highest BCUT2D eigenvalue weighted by Crippen LogP contribution is 2.11. The maximum atomic E-state index is 7.29. The molecule has 1 aromatic heterocycles. The van der Waals surface area contributed by atoms with Crippen LogP contribution in [0.15, 0.2) is 12.1 Å². The van der Waals surface area contributed by atoms with Gasteiger partial charge in [-0.2, -0.15) is 0 Å². The first-order valence-electron chi connectivity index (χ1n) is 3.16. The van der Waals surface area contributed by atoms with E-state index in [0.29, 0.717) is 12.1 Å². The lowest BCUT2D eigenvalue weighted by molar-refractivity contribution is 1.61. The predicted octanol–water partition coefficient (Wildman–Crippen LogP) is 2.36.